The van der Waals surface area contributed by atoms with Crippen LogP contribution in [0.5, 0.6) is 0 Å². The molecule has 1 aromatic heterocycles. The molecule has 6 heteroatoms. The van der Waals surface area contributed by atoms with Gasteiger partial charge in [-0.25, -0.2) is 9.97 Å². The molecule has 3 rings (SSSR count). The minimum Gasteiger partial charge on any atom is -0.323 e. The Morgan fingerprint density at radius 3 is 2.65 bits per heavy atom. The van der Waals surface area contributed by atoms with Crippen LogP contribution < -0.4 is 10.6 Å². The second-order valence-electron chi connectivity index (χ2n) is 5.80. The van der Waals surface area contributed by atoms with Crippen molar-refractivity contribution in [2.75, 3.05) is 10.6 Å². The molecule has 0 saturated carbocycles. The van der Waals surface area contributed by atoms with E-state index in [1.807, 2.05) is 32.0 Å². The van der Waals surface area contributed by atoms with Gasteiger partial charge >= 0.3 is 0 Å². The molecular weight excluding hydrogens is 326 g/mol. The van der Waals surface area contributed by atoms with Gasteiger partial charge in [0, 0.05) is 11.9 Å². The van der Waals surface area contributed by atoms with Crippen molar-refractivity contribution in [3.8, 4) is 6.07 Å². The lowest BCUT2D eigenvalue weighted by Gasteiger charge is -2.09. The van der Waals surface area contributed by atoms with Gasteiger partial charge in [-0.3, -0.25) is 4.79 Å². The van der Waals surface area contributed by atoms with Crippen molar-refractivity contribution in [2.24, 2.45) is 0 Å². The van der Waals surface area contributed by atoms with E-state index in [1.165, 1.54) is 12.3 Å². The molecule has 128 valence electrons. The molecule has 6 nitrogen and oxygen atoms in total. The third-order valence-corrected chi connectivity index (χ3v) is 3.95. The molecule has 0 radical (unpaired) electrons. The van der Waals surface area contributed by atoms with Crippen LogP contribution in [0.3, 0.4) is 0 Å². The SMILES string of the molecule is Cc1ccc(NC(=O)c2ccnc(Nc3ccccc3C#N)n2)cc1C. The third-order valence-electron chi connectivity index (χ3n) is 3.95. The first-order chi connectivity index (χ1) is 12.6. The fourth-order valence-corrected chi connectivity index (χ4v) is 2.37. The quantitative estimate of drug-likeness (QED) is 0.748. The number of nitrogens with zero attached hydrogens (tertiary/aromatic N) is 3. The summed E-state index contributed by atoms with van der Waals surface area (Å²) in [5.74, 6) is -0.0762. The van der Waals surface area contributed by atoms with Crippen molar-refractivity contribution in [1.82, 2.24) is 9.97 Å². The average Bonchev–Trinajstić information content (AvgIpc) is 2.65. The van der Waals surface area contributed by atoms with Crippen LogP contribution in [0.4, 0.5) is 17.3 Å². The summed E-state index contributed by atoms with van der Waals surface area (Å²) in [6.07, 6.45) is 1.50. The molecule has 2 N–H and O–H groups in total. The number of anilines is 3. The predicted molar refractivity (Wildman–Crippen MR) is 100 cm³/mol. The van der Waals surface area contributed by atoms with Crippen LogP contribution in [0.2, 0.25) is 0 Å². The summed E-state index contributed by atoms with van der Waals surface area (Å²) in [6, 6.07) is 16.4. The minimum absolute atomic E-state index is 0.232. The van der Waals surface area contributed by atoms with E-state index in [0.717, 1.165) is 11.1 Å². The van der Waals surface area contributed by atoms with Crippen molar-refractivity contribution in [3.63, 3.8) is 0 Å². The van der Waals surface area contributed by atoms with E-state index in [9.17, 15) is 4.79 Å². The van der Waals surface area contributed by atoms with Crippen molar-refractivity contribution < 1.29 is 4.79 Å². The number of hydrogen-bond acceptors (Lipinski definition) is 5. The summed E-state index contributed by atoms with van der Waals surface area (Å²) >= 11 is 0. The zero-order valence-electron chi connectivity index (χ0n) is 14.4. The van der Waals surface area contributed by atoms with Crippen LogP contribution in [0, 0.1) is 25.2 Å². The number of benzene rings is 2. The van der Waals surface area contributed by atoms with E-state index in [-0.39, 0.29) is 17.5 Å². The molecule has 0 fully saturated rings. The molecule has 0 aliphatic heterocycles. The first-order valence-electron chi connectivity index (χ1n) is 8.04. The Kier molecular flexibility index (Phi) is 4.90. The third kappa shape index (κ3) is 3.84. The van der Waals surface area contributed by atoms with Gasteiger partial charge in [-0.05, 0) is 55.3 Å². The van der Waals surface area contributed by atoms with Gasteiger partial charge in [0.15, 0.2) is 0 Å². The second kappa shape index (κ2) is 7.45. The van der Waals surface area contributed by atoms with Crippen molar-refractivity contribution >= 4 is 23.2 Å². The summed E-state index contributed by atoms with van der Waals surface area (Å²) in [5, 5.41) is 15.0. The standard InChI is InChI=1S/C20H17N5O/c1-13-7-8-16(11-14(13)2)23-19(26)18-9-10-22-20(25-18)24-17-6-4-3-5-15(17)12-21/h3-11H,1-2H3,(H,23,26)(H,22,24,25). The lowest BCUT2D eigenvalue weighted by molar-refractivity contribution is 0.102. The highest BCUT2D eigenvalue weighted by molar-refractivity contribution is 6.03. The fraction of sp³-hybridized carbons (Fsp3) is 0.100. The summed E-state index contributed by atoms with van der Waals surface area (Å²) in [7, 11) is 0. The lowest BCUT2D eigenvalue weighted by Crippen LogP contribution is -2.15. The highest BCUT2D eigenvalue weighted by Crippen LogP contribution is 2.18. The van der Waals surface area contributed by atoms with Crippen LogP contribution in [0.15, 0.2) is 54.7 Å². The van der Waals surface area contributed by atoms with Crippen LogP contribution in [-0.4, -0.2) is 15.9 Å². The van der Waals surface area contributed by atoms with Crippen LogP contribution >= 0.6 is 0 Å². The molecule has 0 spiro atoms. The monoisotopic (exact) mass is 343 g/mol. The van der Waals surface area contributed by atoms with Crippen LogP contribution in [0.25, 0.3) is 0 Å². The number of rotatable bonds is 4. The highest BCUT2D eigenvalue weighted by Gasteiger charge is 2.11. The molecule has 0 atom stereocenters. The Bertz CT molecular complexity index is 1010. The molecule has 1 amide bonds. The van der Waals surface area contributed by atoms with Crippen LogP contribution in [0.1, 0.15) is 27.2 Å². The van der Waals surface area contributed by atoms with Gasteiger partial charge in [-0.15, -0.1) is 0 Å². The summed E-state index contributed by atoms with van der Waals surface area (Å²) in [5.41, 5.74) is 4.26. The number of para-hydroxylation sites is 1. The van der Waals surface area contributed by atoms with Crippen molar-refractivity contribution in [3.05, 3.63) is 77.1 Å². The number of carbonyl (C=O) groups excluding carboxylic acids is 1. The molecule has 1 heterocycles. The Morgan fingerprint density at radius 1 is 1.08 bits per heavy atom. The number of nitriles is 1. The fourth-order valence-electron chi connectivity index (χ4n) is 2.37. The Morgan fingerprint density at radius 2 is 1.88 bits per heavy atom. The maximum atomic E-state index is 12.5. The van der Waals surface area contributed by atoms with Crippen molar-refractivity contribution in [1.29, 1.82) is 5.26 Å². The van der Waals surface area contributed by atoms with Gasteiger partial charge in [0.25, 0.3) is 5.91 Å². The zero-order chi connectivity index (χ0) is 18.5. The largest absolute Gasteiger partial charge is 0.323 e. The molecular formula is C20H17N5O. The van der Waals surface area contributed by atoms with Gasteiger partial charge in [-0.1, -0.05) is 18.2 Å². The van der Waals surface area contributed by atoms with Gasteiger partial charge in [0.05, 0.1) is 11.3 Å². The van der Waals surface area contributed by atoms with Gasteiger partial charge in [-0.2, -0.15) is 5.26 Å². The van der Waals surface area contributed by atoms with E-state index < -0.39 is 0 Å². The predicted octanol–water partition coefficient (Wildman–Crippen LogP) is 3.96. The van der Waals surface area contributed by atoms with E-state index >= 15 is 0 Å². The first-order valence-corrected chi connectivity index (χ1v) is 8.04. The van der Waals surface area contributed by atoms with Gasteiger partial charge in [0.1, 0.15) is 11.8 Å². The summed E-state index contributed by atoms with van der Waals surface area (Å²) < 4.78 is 0. The van der Waals surface area contributed by atoms with E-state index in [1.54, 1.807) is 24.3 Å². The molecule has 3 aromatic rings. The molecule has 0 unspecified atom stereocenters. The second-order valence-corrected chi connectivity index (χ2v) is 5.80. The maximum absolute atomic E-state index is 12.5. The Balaban J connectivity index is 1.79. The Hall–Kier alpha value is -3.72. The summed E-state index contributed by atoms with van der Waals surface area (Å²) in [6.45, 7) is 4.01. The van der Waals surface area contributed by atoms with E-state index in [0.29, 0.717) is 16.9 Å². The molecule has 0 saturated heterocycles. The van der Waals surface area contributed by atoms with Crippen molar-refractivity contribution in [2.45, 2.75) is 13.8 Å². The number of amides is 1. The molecule has 0 bridgehead atoms. The zero-order valence-corrected chi connectivity index (χ0v) is 14.4. The molecule has 0 aliphatic carbocycles. The van der Waals surface area contributed by atoms with Gasteiger partial charge in [0.2, 0.25) is 5.95 Å². The number of nitrogens with one attached hydrogen (secondary N) is 2. The first kappa shape index (κ1) is 17.1. The number of aryl methyl sites for hydroxylation is 2. The number of hydrogen-bond donors (Lipinski definition) is 2. The smallest absolute Gasteiger partial charge is 0.274 e. The van der Waals surface area contributed by atoms with E-state index in [2.05, 4.69) is 26.7 Å². The average molecular weight is 343 g/mol. The number of aromatic nitrogens is 2. The summed E-state index contributed by atoms with van der Waals surface area (Å²) in [4.78, 5) is 20.8. The Labute approximate surface area is 151 Å². The topological polar surface area (TPSA) is 90.7 Å². The minimum atomic E-state index is -0.327. The number of carbonyl (C=O) groups is 1. The maximum Gasteiger partial charge on any atom is 0.274 e. The molecule has 26 heavy (non-hydrogen) atoms. The van der Waals surface area contributed by atoms with E-state index in [4.69, 9.17) is 5.26 Å². The normalized spacial score (nSPS) is 10.0. The van der Waals surface area contributed by atoms with Gasteiger partial charge < -0.3 is 10.6 Å². The molecule has 0 aliphatic rings. The van der Waals surface area contributed by atoms with Crippen LogP contribution in [-0.2, 0) is 0 Å². The lowest BCUT2D eigenvalue weighted by atomic mass is 10.1. The highest BCUT2D eigenvalue weighted by atomic mass is 16.1. The molecule has 2 aromatic carbocycles.